The van der Waals surface area contributed by atoms with E-state index in [9.17, 15) is 0 Å². The molecule has 0 heterocycles. The van der Waals surface area contributed by atoms with Crippen molar-refractivity contribution in [3.63, 3.8) is 0 Å². The van der Waals surface area contributed by atoms with Gasteiger partial charge in [0.2, 0.25) is 0 Å². The van der Waals surface area contributed by atoms with Crippen LogP contribution in [-0.2, 0) is 0 Å². The van der Waals surface area contributed by atoms with Gasteiger partial charge in [0.25, 0.3) is 0 Å². The van der Waals surface area contributed by atoms with Crippen LogP contribution in [0, 0.1) is 0 Å². The first-order chi connectivity index (χ1) is 5.36. The predicted octanol–water partition coefficient (Wildman–Crippen LogP) is 2.81. The monoisotopic (exact) mass is 168 g/mol. The van der Waals surface area contributed by atoms with Crippen LogP contribution >= 0.6 is 11.8 Å². The van der Waals surface area contributed by atoms with Crippen molar-refractivity contribution in [1.82, 2.24) is 0 Å². The molecule has 60 valence electrons. The fourth-order valence-electron chi connectivity index (χ4n) is 0.839. The summed E-state index contributed by atoms with van der Waals surface area (Å²) >= 11 is 1.74. The lowest BCUT2D eigenvalue weighted by Crippen LogP contribution is -1.89. The molecule has 0 N–H and O–H groups in total. The Balaban J connectivity index is 2.66. The van der Waals surface area contributed by atoms with Crippen LogP contribution in [0.2, 0.25) is 0 Å². The summed E-state index contributed by atoms with van der Waals surface area (Å²) in [5.41, 5.74) is 0. The zero-order valence-corrected chi connectivity index (χ0v) is 7.65. The summed E-state index contributed by atoms with van der Waals surface area (Å²) in [6.45, 7) is 2.72. The highest BCUT2D eigenvalue weighted by Gasteiger charge is 1.91. The van der Waals surface area contributed by atoms with Crippen molar-refractivity contribution in [2.45, 2.75) is 11.8 Å². The van der Waals surface area contributed by atoms with Crippen molar-refractivity contribution in [3.05, 3.63) is 24.3 Å². The minimum absolute atomic E-state index is 0.735. The van der Waals surface area contributed by atoms with Crippen LogP contribution in [0.25, 0.3) is 0 Å². The van der Waals surface area contributed by atoms with E-state index in [1.54, 1.807) is 11.8 Å². The van der Waals surface area contributed by atoms with E-state index in [-0.39, 0.29) is 0 Å². The Morgan fingerprint density at radius 3 is 2.36 bits per heavy atom. The molecule has 1 nitrogen and oxygen atoms in total. The molecule has 0 aliphatic heterocycles. The van der Waals surface area contributed by atoms with Crippen molar-refractivity contribution in [1.29, 1.82) is 0 Å². The van der Waals surface area contributed by atoms with Crippen molar-refractivity contribution < 1.29 is 4.74 Å². The summed E-state index contributed by atoms with van der Waals surface area (Å²) in [5, 5.41) is 0. The Morgan fingerprint density at radius 2 is 1.91 bits per heavy atom. The van der Waals surface area contributed by atoms with Crippen molar-refractivity contribution in [3.8, 4) is 5.75 Å². The van der Waals surface area contributed by atoms with Gasteiger partial charge in [-0.05, 0) is 37.4 Å². The van der Waals surface area contributed by atoms with E-state index in [0.717, 1.165) is 12.4 Å². The number of thioether (sulfide) groups is 1. The molecule has 0 saturated carbocycles. The second-order valence-corrected chi connectivity index (χ2v) is 2.99. The lowest BCUT2D eigenvalue weighted by atomic mass is 10.3. The Bertz CT molecular complexity index is 205. The van der Waals surface area contributed by atoms with Gasteiger partial charge < -0.3 is 4.74 Å². The number of hydrogen-bond donors (Lipinski definition) is 0. The van der Waals surface area contributed by atoms with Gasteiger partial charge in [-0.2, -0.15) is 0 Å². The molecule has 1 aromatic carbocycles. The second-order valence-electron chi connectivity index (χ2n) is 2.11. The van der Waals surface area contributed by atoms with Crippen molar-refractivity contribution in [2.24, 2.45) is 0 Å². The molecule has 0 amide bonds. The maximum Gasteiger partial charge on any atom is 0.119 e. The fraction of sp³-hybridized carbons (Fsp3) is 0.333. The standard InChI is InChI=1S/C9H12OS/c1-3-10-8-4-6-9(11-2)7-5-8/h4-7H,3H2,1-2H3. The van der Waals surface area contributed by atoms with E-state index >= 15 is 0 Å². The van der Waals surface area contributed by atoms with Gasteiger partial charge in [0.1, 0.15) is 5.75 Å². The highest BCUT2D eigenvalue weighted by Crippen LogP contribution is 2.18. The van der Waals surface area contributed by atoms with Gasteiger partial charge in [-0.15, -0.1) is 11.8 Å². The van der Waals surface area contributed by atoms with E-state index in [4.69, 9.17) is 4.74 Å². The first-order valence-corrected chi connectivity index (χ1v) is 4.86. The molecule has 2 heteroatoms. The van der Waals surface area contributed by atoms with E-state index in [0.29, 0.717) is 0 Å². The third-order valence-electron chi connectivity index (χ3n) is 1.37. The van der Waals surface area contributed by atoms with Gasteiger partial charge in [-0.3, -0.25) is 0 Å². The van der Waals surface area contributed by atoms with Crippen molar-refractivity contribution in [2.75, 3.05) is 12.9 Å². The molecule has 1 rings (SSSR count). The number of rotatable bonds is 3. The minimum Gasteiger partial charge on any atom is -0.494 e. The zero-order valence-electron chi connectivity index (χ0n) is 6.83. The molecular weight excluding hydrogens is 156 g/mol. The van der Waals surface area contributed by atoms with E-state index in [1.807, 2.05) is 19.1 Å². The average Bonchev–Trinajstić information content (AvgIpc) is 2.07. The molecule has 0 atom stereocenters. The molecule has 0 fully saturated rings. The van der Waals surface area contributed by atoms with Crippen molar-refractivity contribution >= 4 is 11.8 Å². The van der Waals surface area contributed by atoms with Crippen LogP contribution < -0.4 is 4.74 Å². The van der Waals surface area contributed by atoms with Crippen LogP contribution in [0.1, 0.15) is 6.92 Å². The molecule has 0 spiro atoms. The van der Waals surface area contributed by atoms with Crippen LogP contribution in [0.15, 0.2) is 29.2 Å². The van der Waals surface area contributed by atoms with Crippen LogP contribution in [0.4, 0.5) is 0 Å². The van der Waals surface area contributed by atoms with Crippen LogP contribution in [0.5, 0.6) is 5.75 Å². The van der Waals surface area contributed by atoms with Gasteiger partial charge in [0.15, 0.2) is 0 Å². The minimum atomic E-state index is 0.735. The predicted molar refractivity (Wildman–Crippen MR) is 49.4 cm³/mol. The molecule has 0 radical (unpaired) electrons. The molecule has 0 bridgehead atoms. The Kier molecular flexibility index (Phi) is 3.30. The van der Waals surface area contributed by atoms with Gasteiger partial charge in [-0.25, -0.2) is 0 Å². The largest absolute Gasteiger partial charge is 0.494 e. The fourth-order valence-corrected chi connectivity index (χ4v) is 1.25. The van der Waals surface area contributed by atoms with E-state index in [1.165, 1.54) is 4.90 Å². The summed E-state index contributed by atoms with van der Waals surface area (Å²) in [6.07, 6.45) is 2.07. The third-order valence-corrected chi connectivity index (χ3v) is 2.11. The Labute approximate surface area is 71.8 Å². The zero-order chi connectivity index (χ0) is 8.10. The first kappa shape index (κ1) is 8.47. The maximum atomic E-state index is 5.30. The molecule has 1 aromatic rings. The summed E-state index contributed by atoms with van der Waals surface area (Å²) < 4.78 is 5.30. The van der Waals surface area contributed by atoms with Gasteiger partial charge >= 0.3 is 0 Å². The highest BCUT2D eigenvalue weighted by atomic mass is 32.2. The normalized spacial score (nSPS) is 9.64. The van der Waals surface area contributed by atoms with Crippen LogP contribution in [0.3, 0.4) is 0 Å². The number of benzene rings is 1. The van der Waals surface area contributed by atoms with Gasteiger partial charge in [0, 0.05) is 4.90 Å². The lowest BCUT2D eigenvalue weighted by molar-refractivity contribution is 0.340. The molecule has 0 saturated heterocycles. The lowest BCUT2D eigenvalue weighted by Gasteiger charge is -2.02. The smallest absolute Gasteiger partial charge is 0.119 e. The summed E-state index contributed by atoms with van der Waals surface area (Å²) in [7, 11) is 0. The summed E-state index contributed by atoms with van der Waals surface area (Å²) in [5.74, 6) is 0.949. The molecular formula is C9H12OS. The maximum absolute atomic E-state index is 5.30. The third kappa shape index (κ3) is 2.46. The number of ether oxygens (including phenoxy) is 1. The Morgan fingerprint density at radius 1 is 1.27 bits per heavy atom. The van der Waals surface area contributed by atoms with Crippen LogP contribution in [-0.4, -0.2) is 12.9 Å². The first-order valence-electron chi connectivity index (χ1n) is 3.63. The highest BCUT2D eigenvalue weighted by molar-refractivity contribution is 7.98. The topological polar surface area (TPSA) is 9.23 Å². The summed E-state index contributed by atoms with van der Waals surface area (Å²) in [6, 6.07) is 8.12. The second kappa shape index (κ2) is 4.29. The van der Waals surface area contributed by atoms with Gasteiger partial charge in [0.05, 0.1) is 6.61 Å². The molecule has 11 heavy (non-hydrogen) atoms. The molecule has 0 aliphatic carbocycles. The van der Waals surface area contributed by atoms with E-state index < -0.39 is 0 Å². The molecule has 0 aromatic heterocycles. The SMILES string of the molecule is CCOc1ccc(SC)cc1. The Hall–Kier alpha value is -0.630. The van der Waals surface area contributed by atoms with E-state index in [2.05, 4.69) is 18.4 Å². The average molecular weight is 168 g/mol. The molecule has 0 aliphatic rings. The summed E-state index contributed by atoms with van der Waals surface area (Å²) in [4.78, 5) is 1.27. The number of hydrogen-bond acceptors (Lipinski definition) is 2. The molecule has 0 unspecified atom stereocenters. The quantitative estimate of drug-likeness (QED) is 0.642. The van der Waals surface area contributed by atoms with Gasteiger partial charge in [-0.1, -0.05) is 0 Å².